The Morgan fingerprint density at radius 3 is 2.33 bits per heavy atom. The van der Waals surface area contributed by atoms with E-state index in [1.807, 2.05) is 13.8 Å². The van der Waals surface area contributed by atoms with Crippen molar-refractivity contribution in [1.82, 2.24) is 0 Å². The molecule has 0 heterocycles. The molecule has 0 atom stereocenters. The van der Waals surface area contributed by atoms with Crippen molar-refractivity contribution in [3.8, 4) is 0 Å². The van der Waals surface area contributed by atoms with Crippen LogP contribution in [0, 0.1) is 5.82 Å². The van der Waals surface area contributed by atoms with E-state index in [1.54, 1.807) is 24.1 Å². The van der Waals surface area contributed by atoms with Crippen molar-refractivity contribution >= 4 is 11.6 Å². The molecule has 0 aliphatic rings. The lowest BCUT2D eigenvalue weighted by molar-refractivity contribution is 0.628. The third-order valence-corrected chi connectivity index (χ3v) is 1.95. The molecule has 0 unspecified atom stereocenters. The van der Waals surface area contributed by atoms with Gasteiger partial charge in [0.2, 0.25) is 0 Å². The minimum Gasteiger partial charge on any atom is -0.370 e. The van der Waals surface area contributed by atoms with E-state index < -0.39 is 0 Å². The van der Waals surface area contributed by atoms with Crippen LogP contribution in [0.15, 0.2) is 29.3 Å². The molecular formula is C11H16FN3. The molecule has 0 amide bonds. The standard InChI is InChI=1S/C11H16FN3/c1-8(2)14-11(13)15(3)10-6-4-9(12)5-7-10/h4-8H,1-3H3,(H2,13,14). The Balaban J connectivity index is 2.85. The van der Waals surface area contributed by atoms with Crippen molar-refractivity contribution in [2.45, 2.75) is 19.9 Å². The number of hydrogen-bond donors (Lipinski definition) is 1. The molecule has 82 valence electrons. The zero-order valence-electron chi connectivity index (χ0n) is 9.24. The van der Waals surface area contributed by atoms with Crippen LogP contribution in [0.25, 0.3) is 0 Å². The lowest BCUT2D eigenvalue weighted by Crippen LogP contribution is -2.34. The average molecular weight is 209 g/mol. The second-order valence-electron chi connectivity index (χ2n) is 3.62. The Hall–Kier alpha value is -1.58. The van der Waals surface area contributed by atoms with Crippen LogP contribution >= 0.6 is 0 Å². The van der Waals surface area contributed by atoms with Crippen molar-refractivity contribution in [2.75, 3.05) is 11.9 Å². The fourth-order valence-electron chi connectivity index (χ4n) is 1.15. The van der Waals surface area contributed by atoms with Crippen LogP contribution in [0.1, 0.15) is 13.8 Å². The second-order valence-corrected chi connectivity index (χ2v) is 3.62. The lowest BCUT2D eigenvalue weighted by Gasteiger charge is -2.18. The number of hydrogen-bond acceptors (Lipinski definition) is 1. The molecule has 1 aromatic carbocycles. The van der Waals surface area contributed by atoms with Crippen LogP contribution in [0.3, 0.4) is 0 Å². The van der Waals surface area contributed by atoms with Gasteiger partial charge in [-0.1, -0.05) is 0 Å². The monoisotopic (exact) mass is 209 g/mol. The van der Waals surface area contributed by atoms with Crippen LogP contribution in [-0.4, -0.2) is 19.0 Å². The van der Waals surface area contributed by atoms with E-state index in [0.29, 0.717) is 5.96 Å². The van der Waals surface area contributed by atoms with Crippen molar-refractivity contribution in [1.29, 1.82) is 0 Å². The van der Waals surface area contributed by atoms with Crippen LogP contribution in [0.5, 0.6) is 0 Å². The summed E-state index contributed by atoms with van der Waals surface area (Å²) in [4.78, 5) is 5.92. The van der Waals surface area contributed by atoms with E-state index in [0.717, 1.165) is 5.69 Å². The molecular weight excluding hydrogens is 193 g/mol. The maximum atomic E-state index is 12.7. The van der Waals surface area contributed by atoms with E-state index in [9.17, 15) is 4.39 Å². The van der Waals surface area contributed by atoms with Crippen LogP contribution in [0.2, 0.25) is 0 Å². The molecule has 0 saturated heterocycles. The van der Waals surface area contributed by atoms with Gasteiger partial charge in [-0.3, -0.25) is 4.99 Å². The first kappa shape index (κ1) is 11.5. The molecule has 1 aromatic rings. The second kappa shape index (κ2) is 4.77. The number of halogens is 1. The van der Waals surface area contributed by atoms with E-state index in [4.69, 9.17) is 5.73 Å². The van der Waals surface area contributed by atoms with E-state index in [-0.39, 0.29) is 11.9 Å². The number of aliphatic imine (C=N–C) groups is 1. The van der Waals surface area contributed by atoms with Gasteiger partial charge in [0, 0.05) is 18.8 Å². The smallest absolute Gasteiger partial charge is 0.195 e. The quantitative estimate of drug-likeness (QED) is 0.597. The van der Waals surface area contributed by atoms with Gasteiger partial charge in [0.15, 0.2) is 5.96 Å². The van der Waals surface area contributed by atoms with E-state index in [2.05, 4.69) is 4.99 Å². The zero-order chi connectivity index (χ0) is 11.4. The Morgan fingerprint density at radius 1 is 1.33 bits per heavy atom. The molecule has 2 N–H and O–H groups in total. The highest BCUT2D eigenvalue weighted by molar-refractivity contribution is 5.94. The highest BCUT2D eigenvalue weighted by Gasteiger charge is 2.05. The van der Waals surface area contributed by atoms with Gasteiger partial charge in [-0.15, -0.1) is 0 Å². The molecule has 0 aromatic heterocycles. The van der Waals surface area contributed by atoms with Crippen molar-refractivity contribution in [2.24, 2.45) is 10.7 Å². The summed E-state index contributed by atoms with van der Waals surface area (Å²) in [5.74, 6) is 0.170. The fourth-order valence-corrected chi connectivity index (χ4v) is 1.15. The predicted molar refractivity (Wildman–Crippen MR) is 61.6 cm³/mol. The Kier molecular flexibility index (Phi) is 3.66. The van der Waals surface area contributed by atoms with Crippen molar-refractivity contribution in [3.63, 3.8) is 0 Å². The minimum absolute atomic E-state index is 0.146. The molecule has 0 fully saturated rings. The molecule has 0 saturated carbocycles. The highest BCUT2D eigenvalue weighted by atomic mass is 19.1. The first-order valence-corrected chi connectivity index (χ1v) is 4.83. The summed E-state index contributed by atoms with van der Waals surface area (Å²) in [5.41, 5.74) is 6.59. The predicted octanol–water partition coefficient (Wildman–Crippen LogP) is 1.99. The van der Waals surface area contributed by atoms with Crippen molar-refractivity contribution < 1.29 is 4.39 Å². The summed E-state index contributed by atoms with van der Waals surface area (Å²) in [6.45, 7) is 3.90. The zero-order valence-corrected chi connectivity index (χ0v) is 9.24. The lowest BCUT2D eigenvalue weighted by atomic mass is 10.3. The summed E-state index contributed by atoms with van der Waals surface area (Å²) in [5, 5.41) is 0. The summed E-state index contributed by atoms with van der Waals surface area (Å²) < 4.78 is 12.7. The maximum Gasteiger partial charge on any atom is 0.195 e. The summed E-state index contributed by atoms with van der Waals surface area (Å²) in [6, 6.07) is 6.27. The molecule has 0 aliphatic carbocycles. The Bertz CT molecular complexity index is 343. The van der Waals surface area contributed by atoms with Gasteiger partial charge in [0.25, 0.3) is 0 Å². The molecule has 0 bridgehead atoms. The van der Waals surface area contributed by atoms with Crippen LogP contribution in [-0.2, 0) is 0 Å². The topological polar surface area (TPSA) is 41.6 Å². The molecule has 15 heavy (non-hydrogen) atoms. The van der Waals surface area contributed by atoms with E-state index in [1.165, 1.54) is 12.1 Å². The minimum atomic E-state index is -0.258. The van der Waals surface area contributed by atoms with Gasteiger partial charge in [0.05, 0.1) is 0 Å². The number of nitrogens with two attached hydrogens (primary N) is 1. The highest BCUT2D eigenvalue weighted by Crippen LogP contribution is 2.12. The van der Waals surface area contributed by atoms with Crippen LogP contribution in [0.4, 0.5) is 10.1 Å². The van der Waals surface area contributed by atoms with Crippen molar-refractivity contribution in [3.05, 3.63) is 30.1 Å². The molecule has 0 aliphatic heterocycles. The molecule has 0 spiro atoms. The first-order valence-electron chi connectivity index (χ1n) is 4.83. The number of guanidine groups is 1. The van der Waals surface area contributed by atoms with Crippen LogP contribution < -0.4 is 10.6 Å². The van der Waals surface area contributed by atoms with Gasteiger partial charge in [-0.2, -0.15) is 0 Å². The van der Waals surface area contributed by atoms with Gasteiger partial charge < -0.3 is 10.6 Å². The number of benzene rings is 1. The summed E-state index contributed by atoms with van der Waals surface area (Å²) in [7, 11) is 1.80. The van der Waals surface area contributed by atoms with Gasteiger partial charge in [0.1, 0.15) is 5.82 Å². The maximum absolute atomic E-state index is 12.7. The summed E-state index contributed by atoms with van der Waals surface area (Å²) >= 11 is 0. The molecule has 0 radical (unpaired) electrons. The van der Waals surface area contributed by atoms with Gasteiger partial charge in [-0.05, 0) is 38.1 Å². The number of rotatable bonds is 2. The Labute approximate surface area is 89.4 Å². The molecule has 3 nitrogen and oxygen atoms in total. The number of anilines is 1. The third-order valence-electron chi connectivity index (χ3n) is 1.95. The average Bonchev–Trinajstić information content (AvgIpc) is 2.17. The van der Waals surface area contributed by atoms with E-state index >= 15 is 0 Å². The van der Waals surface area contributed by atoms with Gasteiger partial charge >= 0.3 is 0 Å². The Morgan fingerprint density at radius 2 is 1.87 bits per heavy atom. The molecule has 4 heteroatoms. The molecule has 1 rings (SSSR count). The normalized spacial score (nSPS) is 11.9. The van der Waals surface area contributed by atoms with Gasteiger partial charge in [-0.25, -0.2) is 4.39 Å². The first-order chi connectivity index (χ1) is 7.00. The summed E-state index contributed by atoms with van der Waals surface area (Å²) in [6.07, 6.45) is 0. The fraction of sp³-hybridized carbons (Fsp3) is 0.364. The number of nitrogens with zero attached hydrogens (tertiary/aromatic N) is 2. The third kappa shape index (κ3) is 3.23. The largest absolute Gasteiger partial charge is 0.370 e. The SMILES string of the molecule is CC(C)N=C(N)N(C)c1ccc(F)cc1.